The number of hydrogen-bond acceptors (Lipinski definition) is 4. The van der Waals surface area contributed by atoms with Crippen LogP contribution in [0.15, 0.2) is 207 Å². The van der Waals surface area contributed by atoms with Crippen molar-refractivity contribution >= 4 is 75.2 Å². The monoisotopic (exact) mass is 866 g/mol. The number of allylic oxidation sites excluding steroid dienone is 6. The molecule has 0 bridgehead atoms. The van der Waals surface area contributed by atoms with Crippen LogP contribution in [0.2, 0.25) is 0 Å². The molecule has 0 spiro atoms. The molecular weight excluding hydrogens is 821 g/mol. The molecule has 13 rings (SSSR count). The first kappa shape index (κ1) is 40.8. The van der Waals surface area contributed by atoms with E-state index in [2.05, 4.69) is 139 Å². The van der Waals surface area contributed by atoms with E-state index in [1.807, 2.05) is 85.8 Å². The first-order valence-corrected chi connectivity index (χ1v) is 23.5. The highest BCUT2D eigenvalue weighted by molar-refractivity contribution is 7.26. The average molecular weight is 867 g/mol. The molecule has 316 valence electrons. The van der Waals surface area contributed by atoms with E-state index in [4.69, 9.17) is 15.0 Å². The second-order valence-electron chi connectivity index (χ2n) is 16.3. The lowest BCUT2D eigenvalue weighted by Gasteiger charge is -2.12. The molecule has 0 fully saturated rings. The Morgan fingerprint density at radius 3 is 1.82 bits per heavy atom. The molecule has 0 atom stereocenters. The Hall–Kier alpha value is -7.99. The molecule has 0 saturated heterocycles. The maximum atomic E-state index is 5.04. The molecule has 0 amide bonds. The van der Waals surface area contributed by atoms with Crippen molar-refractivity contribution in [1.82, 2.24) is 19.5 Å². The van der Waals surface area contributed by atoms with Gasteiger partial charge in [-0.25, -0.2) is 15.0 Å². The van der Waals surface area contributed by atoms with Gasteiger partial charge in [0.15, 0.2) is 17.5 Å². The molecule has 0 unspecified atom stereocenters. The van der Waals surface area contributed by atoms with Crippen LogP contribution in [0.25, 0.3) is 115 Å². The van der Waals surface area contributed by atoms with Gasteiger partial charge in [0.2, 0.25) is 0 Å². The van der Waals surface area contributed by atoms with Gasteiger partial charge in [-0.15, -0.1) is 11.3 Å². The number of thiophene rings is 1. The van der Waals surface area contributed by atoms with Crippen LogP contribution in [0.3, 0.4) is 0 Å². The lowest BCUT2D eigenvalue weighted by atomic mass is 9.94. The average Bonchev–Trinajstić information content (AvgIpc) is 4.05. The third-order valence-electron chi connectivity index (χ3n) is 12.6. The minimum Gasteiger partial charge on any atom is -0.309 e. The van der Waals surface area contributed by atoms with Crippen molar-refractivity contribution in [2.75, 3.05) is 0 Å². The predicted octanol–water partition coefficient (Wildman–Crippen LogP) is 17.1. The van der Waals surface area contributed by atoms with Crippen molar-refractivity contribution in [3.63, 3.8) is 0 Å². The van der Waals surface area contributed by atoms with Gasteiger partial charge in [-0.2, -0.15) is 0 Å². The van der Waals surface area contributed by atoms with Crippen molar-refractivity contribution < 1.29 is 0 Å². The molecule has 11 aromatic rings. The maximum Gasteiger partial charge on any atom is 0.164 e. The normalized spacial score (nSPS) is 12.6. The van der Waals surface area contributed by atoms with E-state index < -0.39 is 0 Å². The lowest BCUT2D eigenvalue weighted by molar-refractivity contribution is 1.06. The molecule has 2 aliphatic carbocycles. The summed E-state index contributed by atoms with van der Waals surface area (Å²) in [5.41, 5.74) is 14.4. The van der Waals surface area contributed by atoms with Crippen molar-refractivity contribution in [3.05, 3.63) is 218 Å². The summed E-state index contributed by atoms with van der Waals surface area (Å²) in [7, 11) is 0. The smallest absolute Gasteiger partial charge is 0.164 e. The van der Waals surface area contributed by atoms with E-state index in [1.165, 1.54) is 75.1 Å². The Morgan fingerprint density at radius 1 is 0.485 bits per heavy atom. The molecule has 5 heteroatoms. The molecular formula is C61H46N4S. The van der Waals surface area contributed by atoms with Gasteiger partial charge >= 0.3 is 0 Å². The van der Waals surface area contributed by atoms with Crippen LogP contribution in [-0.4, -0.2) is 19.5 Å². The highest BCUT2D eigenvalue weighted by Crippen LogP contribution is 2.51. The van der Waals surface area contributed by atoms with Gasteiger partial charge in [-0.3, -0.25) is 0 Å². The number of nitrogens with zero attached hydrogens (tertiary/aromatic N) is 4. The first-order valence-electron chi connectivity index (χ1n) is 22.7. The van der Waals surface area contributed by atoms with Crippen molar-refractivity contribution in [2.24, 2.45) is 0 Å². The lowest BCUT2D eigenvalue weighted by Crippen LogP contribution is -2.01. The Kier molecular flexibility index (Phi) is 10.6. The second-order valence-corrected chi connectivity index (χ2v) is 17.4. The van der Waals surface area contributed by atoms with Crippen molar-refractivity contribution in [1.29, 1.82) is 0 Å². The van der Waals surface area contributed by atoms with Crippen molar-refractivity contribution in [2.45, 2.75) is 26.7 Å². The molecule has 3 aromatic heterocycles. The summed E-state index contributed by atoms with van der Waals surface area (Å²) >= 11 is 1.92. The zero-order chi connectivity index (χ0) is 44.7. The summed E-state index contributed by atoms with van der Waals surface area (Å²) < 4.78 is 5.07. The number of aromatic nitrogens is 4. The summed E-state index contributed by atoms with van der Waals surface area (Å²) in [4.78, 5) is 15.0. The molecule has 0 aliphatic heterocycles. The van der Waals surface area contributed by atoms with E-state index in [1.54, 1.807) is 12.2 Å². The zero-order valence-electron chi connectivity index (χ0n) is 37.0. The number of benzene rings is 8. The minimum atomic E-state index is 0.637. The maximum absolute atomic E-state index is 5.04. The third-order valence-corrected chi connectivity index (χ3v) is 13.7. The standard InChI is InChI=1S/C55H34N4S.C4H6.C2H6/c1-3-13-33(14-4-1)53-56-54(34-15-5-2-6-16-34)58-55(57-53)37-17-11-18-38(29-37)59-47-24-10-9-21-41(47)44-30-35(25-27-48(44)59)36-26-28-49-46(31-36)52-43-23-12-22-42-39-19-7-8-20-40(39)45(51(42)43)32-50(52)60-49;1-3-4-2;1-2/h1-7,9-19,21-32H,8,20H2;3-4H,1-2H2;1-2H3. The number of para-hydroxylation sites is 1. The molecule has 66 heavy (non-hydrogen) atoms. The highest BCUT2D eigenvalue weighted by atomic mass is 32.1. The van der Waals surface area contributed by atoms with Crippen molar-refractivity contribution in [3.8, 4) is 51.0 Å². The largest absolute Gasteiger partial charge is 0.309 e. The Labute approximate surface area is 388 Å². The zero-order valence-corrected chi connectivity index (χ0v) is 37.8. The van der Waals surface area contributed by atoms with Crippen LogP contribution in [0.4, 0.5) is 0 Å². The Morgan fingerprint density at radius 2 is 1.09 bits per heavy atom. The molecule has 0 saturated carbocycles. The van der Waals surface area contributed by atoms with Gasteiger partial charge in [0.1, 0.15) is 0 Å². The van der Waals surface area contributed by atoms with Gasteiger partial charge in [-0.05, 0) is 106 Å². The highest BCUT2D eigenvalue weighted by Gasteiger charge is 2.26. The minimum absolute atomic E-state index is 0.637. The fraction of sp³-hybridized carbons (Fsp3) is 0.0656. The fourth-order valence-corrected chi connectivity index (χ4v) is 10.9. The third kappa shape index (κ3) is 6.88. The summed E-state index contributed by atoms with van der Waals surface area (Å²) in [6.07, 6.45) is 10.2. The molecule has 0 radical (unpaired) electrons. The SMILES string of the molecule is C1=CC2=C(CC1)c1cc3sc4ccc(-c5ccc6c(c5)c5ccccc5n6-c5cccc(-c6nc(-c7ccccc7)nc(-c7ccccc7)n6)c5)cc4c3c3cccc2c13.C=CC=C.CC. The number of hydrogen-bond donors (Lipinski definition) is 0. The van der Waals surface area contributed by atoms with E-state index >= 15 is 0 Å². The second kappa shape index (κ2) is 17.2. The summed E-state index contributed by atoms with van der Waals surface area (Å²) in [5.74, 6) is 1.94. The van der Waals surface area contributed by atoms with E-state index in [-0.39, 0.29) is 0 Å². The van der Waals surface area contributed by atoms with Crippen LogP contribution < -0.4 is 0 Å². The molecule has 8 aromatic carbocycles. The van der Waals surface area contributed by atoms with Gasteiger partial charge in [0, 0.05) is 53.3 Å². The summed E-state index contributed by atoms with van der Waals surface area (Å²) in [5, 5.41) is 7.95. The van der Waals surface area contributed by atoms with Crippen LogP contribution in [0.5, 0.6) is 0 Å². The van der Waals surface area contributed by atoms with Crippen LogP contribution in [0.1, 0.15) is 37.8 Å². The number of fused-ring (bicyclic) bond motifs is 9. The van der Waals surface area contributed by atoms with Gasteiger partial charge in [0.25, 0.3) is 0 Å². The molecule has 2 aliphatic rings. The first-order chi connectivity index (χ1) is 32.6. The summed E-state index contributed by atoms with van der Waals surface area (Å²) in [6, 6.07) is 61.0. The van der Waals surface area contributed by atoms with Crippen LogP contribution in [0, 0.1) is 0 Å². The Balaban J connectivity index is 0.000000764. The quantitative estimate of drug-likeness (QED) is 0.156. The summed E-state index contributed by atoms with van der Waals surface area (Å²) in [6.45, 7) is 10.7. The van der Waals surface area contributed by atoms with Gasteiger partial charge < -0.3 is 4.57 Å². The number of rotatable bonds is 6. The van der Waals surface area contributed by atoms with E-state index in [0.717, 1.165) is 46.3 Å². The Bertz CT molecular complexity index is 3690. The van der Waals surface area contributed by atoms with E-state index in [9.17, 15) is 0 Å². The predicted molar refractivity (Wildman–Crippen MR) is 283 cm³/mol. The molecule has 4 nitrogen and oxygen atoms in total. The molecule has 3 heterocycles. The van der Waals surface area contributed by atoms with E-state index in [0.29, 0.717) is 17.5 Å². The van der Waals surface area contributed by atoms with Crippen LogP contribution in [-0.2, 0) is 0 Å². The topological polar surface area (TPSA) is 43.6 Å². The van der Waals surface area contributed by atoms with Gasteiger partial charge in [-0.1, -0.05) is 173 Å². The molecule has 0 N–H and O–H groups in total. The fourth-order valence-electron chi connectivity index (χ4n) is 9.74. The van der Waals surface area contributed by atoms with Crippen LogP contribution >= 0.6 is 11.3 Å². The van der Waals surface area contributed by atoms with Gasteiger partial charge in [0.05, 0.1) is 11.0 Å².